The van der Waals surface area contributed by atoms with Gasteiger partial charge in [0.1, 0.15) is 0 Å². The van der Waals surface area contributed by atoms with E-state index in [0.717, 1.165) is 38.5 Å². The summed E-state index contributed by atoms with van der Waals surface area (Å²) >= 11 is 0. The Labute approximate surface area is 101 Å². The van der Waals surface area contributed by atoms with Crippen molar-refractivity contribution in [3.63, 3.8) is 0 Å². The number of rotatable bonds is 9. The molecule has 0 aromatic rings. The molecule has 16 heavy (non-hydrogen) atoms. The van der Waals surface area contributed by atoms with E-state index < -0.39 is 0 Å². The molecule has 0 aliphatic rings. The Balaban J connectivity index is 4.47. The van der Waals surface area contributed by atoms with E-state index in [2.05, 4.69) is 20.8 Å². The first-order valence-corrected chi connectivity index (χ1v) is 6.71. The Bertz CT molecular complexity index is 133. The molecule has 3 heteroatoms. The van der Waals surface area contributed by atoms with Gasteiger partial charge < -0.3 is 17.2 Å². The quantitative estimate of drug-likeness (QED) is 0.564. The van der Waals surface area contributed by atoms with Gasteiger partial charge in [-0.2, -0.15) is 0 Å². The highest BCUT2D eigenvalue weighted by atomic mass is 14.8. The van der Waals surface area contributed by atoms with E-state index in [1.165, 1.54) is 5.92 Å². The second kappa shape index (κ2) is 8.97. The fourth-order valence-electron chi connectivity index (χ4n) is 2.26. The molecule has 0 saturated heterocycles. The minimum Gasteiger partial charge on any atom is -0.327 e. The minimum atomic E-state index is 0.0769. The van der Waals surface area contributed by atoms with Crippen molar-refractivity contribution < 1.29 is 0 Å². The van der Waals surface area contributed by atoms with E-state index in [9.17, 15) is 0 Å². The van der Waals surface area contributed by atoms with Crippen LogP contribution in [0.2, 0.25) is 0 Å². The molecule has 0 bridgehead atoms. The number of hydrogen-bond acceptors (Lipinski definition) is 3. The SMILES string of the molecule is CCCC(N)[C](C(N)CCC)C(N)CCC. The monoisotopic (exact) mass is 228 g/mol. The van der Waals surface area contributed by atoms with Crippen LogP contribution in [0.5, 0.6) is 0 Å². The van der Waals surface area contributed by atoms with Crippen LogP contribution in [-0.4, -0.2) is 18.1 Å². The molecule has 3 atom stereocenters. The smallest absolute Gasteiger partial charge is 0.0257 e. The molecule has 0 aromatic carbocycles. The molecule has 6 N–H and O–H groups in total. The fourth-order valence-corrected chi connectivity index (χ4v) is 2.26. The summed E-state index contributed by atoms with van der Waals surface area (Å²) in [5.41, 5.74) is 18.6. The zero-order chi connectivity index (χ0) is 12.6. The van der Waals surface area contributed by atoms with Crippen molar-refractivity contribution in [3.05, 3.63) is 5.92 Å². The van der Waals surface area contributed by atoms with Gasteiger partial charge in [-0.25, -0.2) is 0 Å². The van der Waals surface area contributed by atoms with E-state index >= 15 is 0 Å². The average Bonchev–Trinajstić information content (AvgIpc) is 2.19. The maximum atomic E-state index is 6.19. The second-order valence-electron chi connectivity index (χ2n) is 4.69. The Morgan fingerprint density at radius 3 is 1.12 bits per heavy atom. The zero-order valence-electron chi connectivity index (χ0n) is 11.2. The van der Waals surface area contributed by atoms with Gasteiger partial charge >= 0.3 is 0 Å². The predicted octanol–water partition coefficient (Wildman–Crippen LogP) is 1.94. The van der Waals surface area contributed by atoms with E-state index in [0.29, 0.717) is 0 Å². The Morgan fingerprint density at radius 2 is 0.938 bits per heavy atom. The minimum absolute atomic E-state index is 0.0769. The Hall–Kier alpha value is -0.120. The van der Waals surface area contributed by atoms with Crippen molar-refractivity contribution >= 4 is 0 Å². The van der Waals surface area contributed by atoms with Crippen LogP contribution in [0.3, 0.4) is 0 Å². The molecule has 0 saturated carbocycles. The molecule has 3 nitrogen and oxygen atoms in total. The van der Waals surface area contributed by atoms with E-state index in [1.807, 2.05) is 0 Å². The van der Waals surface area contributed by atoms with Crippen molar-refractivity contribution in [1.82, 2.24) is 0 Å². The summed E-state index contributed by atoms with van der Waals surface area (Å²) in [6.07, 6.45) is 6.23. The van der Waals surface area contributed by atoms with Crippen molar-refractivity contribution in [2.45, 2.75) is 77.4 Å². The third-order valence-corrected chi connectivity index (χ3v) is 3.08. The van der Waals surface area contributed by atoms with E-state index in [-0.39, 0.29) is 18.1 Å². The predicted molar refractivity (Wildman–Crippen MR) is 71.9 cm³/mol. The normalized spacial score (nSPS) is 17.4. The van der Waals surface area contributed by atoms with Gasteiger partial charge in [-0.05, 0) is 19.3 Å². The topological polar surface area (TPSA) is 78.1 Å². The molecule has 0 fully saturated rings. The van der Waals surface area contributed by atoms with Gasteiger partial charge in [-0.3, -0.25) is 0 Å². The van der Waals surface area contributed by atoms with Crippen molar-refractivity contribution in [1.29, 1.82) is 0 Å². The van der Waals surface area contributed by atoms with Crippen LogP contribution in [0.4, 0.5) is 0 Å². The standard InChI is InChI=1S/C13H30N3/c1-4-7-10(14)13(11(15)8-5-2)12(16)9-6-3/h10-12H,4-9,14-16H2,1-3H3. The van der Waals surface area contributed by atoms with Crippen LogP contribution < -0.4 is 17.2 Å². The molecule has 0 aliphatic heterocycles. The highest BCUT2D eigenvalue weighted by Crippen LogP contribution is 2.22. The third-order valence-electron chi connectivity index (χ3n) is 3.08. The summed E-state index contributed by atoms with van der Waals surface area (Å²) < 4.78 is 0. The Morgan fingerprint density at radius 1 is 0.688 bits per heavy atom. The Kier molecular flexibility index (Phi) is 8.90. The van der Waals surface area contributed by atoms with Gasteiger partial charge in [0.05, 0.1) is 0 Å². The van der Waals surface area contributed by atoms with Gasteiger partial charge in [0.15, 0.2) is 0 Å². The summed E-state index contributed by atoms with van der Waals surface area (Å²) in [7, 11) is 0. The first-order valence-electron chi connectivity index (χ1n) is 6.71. The molecule has 3 unspecified atom stereocenters. The molecule has 0 amide bonds. The molecule has 0 heterocycles. The maximum Gasteiger partial charge on any atom is 0.0257 e. The van der Waals surface area contributed by atoms with Crippen LogP contribution >= 0.6 is 0 Å². The highest BCUT2D eigenvalue weighted by Gasteiger charge is 2.29. The summed E-state index contributed by atoms with van der Waals surface area (Å²) in [6.45, 7) is 6.44. The lowest BCUT2D eigenvalue weighted by molar-refractivity contribution is 0.430. The van der Waals surface area contributed by atoms with Gasteiger partial charge in [0, 0.05) is 24.0 Å². The third kappa shape index (κ3) is 5.28. The van der Waals surface area contributed by atoms with Gasteiger partial charge in [0.25, 0.3) is 0 Å². The zero-order valence-corrected chi connectivity index (χ0v) is 11.2. The summed E-state index contributed by atoms with van der Waals surface area (Å²) in [5.74, 6) is 1.19. The lowest BCUT2D eigenvalue weighted by atomic mass is 9.80. The van der Waals surface area contributed by atoms with Crippen LogP contribution in [-0.2, 0) is 0 Å². The molecule has 1 radical (unpaired) electrons. The van der Waals surface area contributed by atoms with E-state index in [1.54, 1.807) is 0 Å². The van der Waals surface area contributed by atoms with Crippen molar-refractivity contribution in [2.24, 2.45) is 17.2 Å². The largest absolute Gasteiger partial charge is 0.327 e. The number of nitrogens with two attached hydrogens (primary N) is 3. The molecule has 0 rings (SSSR count). The lowest BCUT2D eigenvalue weighted by Crippen LogP contribution is -2.50. The molecule has 0 spiro atoms. The maximum absolute atomic E-state index is 6.19. The van der Waals surface area contributed by atoms with Gasteiger partial charge in [-0.1, -0.05) is 40.0 Å². The van der Waals surface area contributed by atoms with Crippen molar-refractivity contribution in [3.8, 4) is 0 Å². The van der Waals surface area contributed by atoms with Crippen LogP contribution in [0.1, 0.15) is 59.3 Å². The van der Waals surface area contributed by atoms with Crippen LogP contribution in [0.25, 0.3) is 0 Å². The highest BCUT2D eigenvalue weighted by molar-refractivity contribution is 5.14. The average molecular weight is 228 g/mol. The van der Waals surface area contributed by atoms with Crippen LogP contribution in [0, 0.1) is 5.92 Å². The first kappa shape index (κ1) is 15.9. The summed E-state index contributed by atoms with van der Waals surface area (Å²) in [6, 6.07) is 0.231. The van der Waals surface area contributed by atoms with Crippen LogP contribution in [0.15, 0.2) is 0 Å². The molecular formula is C13H30N3. The van der Waals surface area contributed by atoms with Gasteiger partial charge in [0.2, 0.25) is 0 Å². The molecule has 0 aromatic heterocycles. The number of hydrogen-bond donors (Lipinski definition) is 3. The summed E-state index contributed by atoms with van der Waals surface area (Å²) in [4.78, 5) is 0. The van der Waals surface area contributed by atoms with Crippen molar-refractivity contribution in [2.75, 3.05) is 0 Å². The molecular weight excluding hydrogens is 198 g/mol. The first-order chi connectivity index (χ1) is 7.58. The fraction of sp³-hybridized carbons (Fsp3) is 0.923. The lowest BCUT2D eigenvalue weighted by Gasteiger charge is -2.33. The molecule has 97 valence electrons. The molecule has 0 aliphatic carbocycles. The summed E-state index contributed by atoms with van der Waals surface area (Å²) in [5, 5.41) is 0. The second-order valence-corrected chi connectivity index (χ2v) is 4.69. The van der Waals surface area contributed by atoms with Gasteiger partial charge in [-0.15, -0.1) is 0 Å². The van der Waals surface area contributed by atoms with E-state index in [4.69, 9.17) is 17.2 Å².